The lowest BCUT2D eigenvalue weighted by molar-refractivity contribution is -0.155. The number of carbonyl (C=O) groups is 1. The highest BCUT2D eigenvalue weighted by atomic mass is 16.6. The predicted molar refractivity (Wildman–Crippen MR) is 65.6 cm³/mol. The third kappa shape index (κ3) is 3.09. The van der Waals surface area contributed by atoms with Crippen LogP contribution in [0.15, 0.2) is 18.3 Å². The molecule has 0 radical (unpaired) electrons. The molecule has 2 heterocycles. The normalized spacial score (nSPS) is 19.8. The smallest absolute Gasteiger partial charge is 0.308 e. The molecule has 0 saturated carbocycles. The summed E-state index contributed by atoms with van der Waals surface area (Å²) in [6, 6.07) is 4.27. The standard InChI is InChI=1S/C13H20N2O2/c1-13(2,3)17-12(16)7-11-9-14-8-10-5-4-6-15(10)11/h4-6,11,14H,7-9H2,1-3H3. The maximum Gasteiger partial charge on any atom is 0.308 e. The van der Waals surface area contributed by atoms with Crippen molar-refractivity contribution in [2.24, 2.45) is 0 Å². The molecule has 1 aromatic heterocycles. The number of rotatable bonds is 2. The zero-order valence-electron chi connectivity index (χ0n) is 10.7. The zero-order valence-corrected chi connectivity index (χ0v) is 10.7. The lowest BCUT2D eigenvalue weighted by Crippen LogP contribution is -2.35. The van der Waals surface area contributed by atoms with Crippen LogP contribution in [-0.4, -0.2) is 22.7 Å². The molecule has 1 aliphatic rings. The van der Waals surface area contributed by atoms with E-state index in [0.717, 1.165) is 13.1 Å². The molecule has 0 saturated heterocycles. The van der Waals surface area contributed by atoms with E-state index in [1.54, 1.807) is 0 Å². The summed E-state index contributed by atoms with van der Waals surface area (Å²) in [5.41, 5.74) is 0.823. The summed E-state index contributed by atoms with van der Waals surface area (Å²) in [6.07, 6.45) is 2.46. The monoisotopic (exact) mass is 236 g/mol. The van der Waals surface area contributed by atoms with Crippen molar-refractivity contribution in [1.29, 1.82) is 0 Å². The Morgan fingerprint density at radius 1 is 1.59 bits per heavy atom. The van der Waals surface area contributed by atoms with E-state index >= 15 is 0 Å². The van der Waals surface area contributed by atoms with Crippen LogP contribution in [0.3, 0.4) is 0 Å². The molecule has 1 aromatic rings. The fourth-order valence-corrected chi connectivity index (χ4v) is 2.15. The molecule has 0 aliphatic carbocycles. The van der Waals surface area contributed by atoms with Crippen molar-refractivity contribution in [2.45, 2.75) is 45.4 Å². The molecule has 0 spiro atoms. The fourth-order valence-electron chi connectivity index (χ4n) is 2.15. The minimum Gasteiger partial charge on any atom is -0.460 e. The van der Waals surface area contributed by atoms with Crippen molar-refractivity contribution in [3.8, 4) is 0 Å². The van der Waals surface area contributed by atoms with E-state index in [4.69, 9.17) is 4.74 Å². The number of carbonyl (C=O) groups excluding carboxylic acids is 1. The maximum atomic E-state index is 11.8. The van der Waals surface area contributed by atoms with Gasteiger partial charge in [-0.15, -0.1) is 0 Å². The molecule has 17 heavy (non-hydrogen) atoms. The summed E-state index contributed by atoms with van der Waals surface area (Å²) in [5.74, 6) is -0.133. The molecule has 94 valence electrons. The Kier molecular flexibility index (Phi) is 3.24. The van der Waals surface area contributed by atoms with Crippen molar-refractivity contribution >= 4 is 5.97 Å². The molecule has 0 amide bonds. The van der Waals surface area contributed by atoms with Gasteiger partial charge in [0.15, 0.2) is 0 Å². The molecule has 4 heteroatoms. The lowest BCUT2D eigenvalue weighted by Gasteiger charge is -2.28. The van der Waals surface area contributed by atoms with Gasteiger partial charge in [0, 0.05) is 25.0 Å². The first-order valence-electron chi connectivity index (χ1n) is 6.04. The van der Waals surface area contributed by atoms with Gasteiger partial charge in [0.2, 0.25) is 0 Å². The van der Waals surface area contributed by atoms with E-state index in [1.807, 2.05) is 33.0 Å². The van der Waals surface area contributed by atoms with Crippen LogP contribution in [0.2, 0.25) is 0 Å². The number of nitrogens with zero attached hydrogens (tertiary/aromatic N) is 1. The summed E-state index contributed by atoms with van der Waals surface area (Å²) in [5, 5.41) is 3.32. The highest BCUT2D eigenvalue weighted by Crippen LogP contribution is 2.21. The highest BCUT2D eigenvalue weighted by molar-refractivity contribution is 5.70. The highest BCUT2D eigenvalue weighted by Gasteiger charge is 2.24. The second-order valence-electron chi connectivity index (χ2n) is 5.48. The van der Waals surface area contributed by atoms with Crippen LogP contribution in [0.1, 0.15) is 38.9 Å². The molecule has 1 aliphatic heterocycles. The summed E-state index contributed by atoms with van der Waals surface area (Å²) in [6.45, 7) is 7.38. The molecule has 2 rings (SSSR count). The average molecular weight is 236 g/mol. The number of nitrogens with one attached hydrogen (secondary N) is 1. The minimum atomic E-state index is -0.404. The third-order valence-electron chi connectivity index (χ3n) is 2.77. The SMILES string of the molecule is CC(C)(C)OC(=O)CC1CNCc2cccn21. The Labute approximate surface area is 102 Å². The Hall–Kier alpha value is -1.29. The Balaban J connectivity index is 2.00. The van der Waals surface area contributed by atoms with E-state index in [2.05, 4.69) is 16.0 Å². The number of hydrogen-bond donors (Lipinski definition) is 1. The Morgan fingerprint density at radius 2 is 2.35 bits per heavy atom. The van der Waals surface area contributed by atoms with E-state index in [9.17, 15) is 4.79 Å². The van der Waals surface area contributed by atoms with Crippen molar-refractivity contribution < 1.29 is 9.53 Å². The largest absolute Gasteiger partial charge is 0.460 e. The van der Waals surface area contributed by atoms with Gasteiger partial charge in [-0.2, -0.15) is 0 Å². The van der Waals surface area contributed by atoms with Crippen LogP contribution in [0.25, 0.3) is 0 Å². The Morgan fingerprint density at radius 3 is 3.06 bits per heavy atom. The van der Waals surface area contributed by atoms with E-state index in [0.29, 0.717) is 6.42 Å². The lowest BCUT2D eigenvalue weighted by atomic mass is 10.1. The first kappa shape index (κ1) is 12.2. The topological polar surface area (TPSA) is 43.3 Å². The van der Waals surface area contributed by atoms with Gasteiger partial charge >= 0.3 is 5.97 Å². The van der Waals surface area contributed by atoms with Gasteiger partial charge in [-0.1, -0.05) is 0 Å². The molecule has 1 atom stereocenters. The van der Waals surface area contributed by atoms with Crippen molar-refractivity contribution in [3.63, 3.8) is 0 Å². The van der Waals surface area contributed by atoms with Crippen LogP contribution in [0.4, 0.5) is 0 Å². The summed E-state index contributed by atoms with van der Waals surface area (Å²) in [4.78, 5) is 11.8. The molecular formula is C13H20N2O2. The number of fused-ring (bicyclic) bond motifs is 1. The number of ether oxygens (including phenoxy) is 1. The maximum absolute atomic E-state index is 11.8. The number of aromatic nitrogens is 1. The van der Waals surface area contributed by atoms with Crippen LogP contribution in [0.5, 0.6) is 0 Å². The summed E-state index contributed by atoms with van der Waals surface area (Å²) < 4.78 is 7.52. The first-order chi connectivity index (χ1) is 7.96. The fraction of sp³-hybridized carbons (Fsp3) is 0.615. The van der Waals surface area contributed by atoms with Crippen LogP contribution < -0.4 is 5.32 Å². The first-order valence-corrected chi connectivity index (χ1v) is 6.04. The van der Waals surface area contributed by atoms with E-state index in [-0.39, 0.29) is 12.0 Å². The number of hydrogen-bond acceptors (Lipinski definition) is 3. The van der Waals surface area contributed by atoms with Gasteiger partial charge in [0.1, 0.15) is 5.60 Å². The van der Waals surface area contributed by atoms with Gasteiger partial charge in [0.25, 0.3) is 0 Å². The Bertz CT molecular complexity index is 404. The van der Waals surface area contributed by atoms with Crippen molar-refractivity contribution in [2.75, 3.05) is 6.54 Å². The molecule has 4 nitrogen and oxygen atoms in total. The number of esters is 1. The van der Waals surface area contributed by atoms with Gasteiger partial charge in [0.05, 0.1) is 12.5 Å². The third-order valence-corrected chi connectivity index (χ3v) is 2.77. The minimum absolute atomic E-state index is 0.133. The van der Waals surface area contributed by atoms with E-state index in [1.165, 1.54) is 5.69 Å². The molecule has 1 unspecified atom stereocenters. The molecule has 0 aromatic carbocycles. The van der Waals surface area contributed by atoms with Gasteiger partial charge in [-0.25, -0.2) is 0 Å². The molecule has 1 N–H and O–H groups in total. The quantitative estimate of drug-likeness (QED) is 0.797. The molecular weight excluding hydrogens is 216 g/mol. The van der Waals surface area contributed by atoms with E-state index < -0.39 is 5.60 Å². The van der Waals surface area contributed by atoms with Gasteiger partial charge in [-0.05, 0) is 32.9 Å². The van der Waals surface area contributed by atoms with Gasteiger partial charge in [-0.3, -0.25) is 4.79 Å². The van der Waals surface area contributed by atoms with Gasteiger partial charge < -0.3 is 14.6 Å². The van der Waals surface area contributed by atoms with Crippen molar-refractivity contribution in [3.05, 3.63) is 24.0 Å². The summed E-state index contributed by atoms with van der Waals surface area (Å²) in [7, 11) is 0. The molecule has 0 fully saturated rings. The van der Waals surface area contributed by atoms with Crippen molar-refractivity contribution in [1.82, 2.24) is 9.88 Å². The zero-order chi connectivity index (χ0) is 12.5. The van der Waals surface area contributed by atoms with Crippen LogP contribution >= 0.6 is 0 Å². The summed E-state index contributed by atoms with van der Waals surface area (Å²) >= 11 is 0. The van der Waals surface area contributed by atoms with Crippen LogP contribution in [-0.2, 0) is 16.1 Å². The molecule has 0 bridgehead atoms. The second kappa shape index (κ2) is 4.53. The average Bonchev–Trinajstić information content (AvgIpc) is 2.63. The van der Waals surface area contributed by atoms with Crippen LogP contribution in [0, 0.1) is 0 Å². The second-order valence-corrected chi connectivity index (χ2v) is 5.48. The predicted octanol–water partition coefficient (Wildman–Crippen LogP) is 1.86.